The maximum Gasteiger partial charge on any atom is 0.140 e. The zero-order chi connectivity index (χ0) is 10.1. The van der Waals surface area contributed by atoms with Crippen LogP contribution in [0.25, 0.3) is 5.65 Å². The average molecular weight is 190 g/mol. The Balaban J connectivity index is 2.66. The number of hydrogen-bond acceptors (Lipinski definition) is 2. The second-order valence-electron chi connectivity index (χ2n) is 3.29. The molecule has 0 radical (unpaired) electrons. The predicted octanol–water partition coefficient (Wildman–Crippen LogP) is 2.21. The van der Waals surface area contributed by atoms with Gasteiger partial charge in [-0.15, -0.1) is 0 Å². The number of methoxy groups -OCH3 is 1. The average Bonchev–Trinajstić information content (AvgIpc) is 2.55. The highest BCUT2D eigenvalue weighted by Crippen LogP contribution is 2.17. The highest BCUT2D eigenvalue weighted by atomic mass is 16.5. The number of aromatic nitrogens is 2. The van der Waals surface area contributed by atoms with Crippen LogP contribution in [-0.2, 0) is 6.42 Å². The Morgan fingerprint density at radius 1 is 1.50 bits per heavy atom. The van der Waals surface area contributed by atoms with Crippen LogP contribution in [0.3, 0.4) is 0 Å². The third-order valence-corrected chi connectivity index (χ3v) is 2.51. The normalized spacial score (nSPS) is 10.8. The molecule has 2 rings (SSSR count). The molecule has 0 spiro atoms. The second kappa shape index (κ2) is 3.33. The molecule has 0 aliphatic rings. The number of rotatable bonds is 2. The molecule has 0 aliphatic heterocycles. The molecular formula is C11H14N2O. The van der Waals surface area contributed by atoms with Gasteiger partial charge in [0.05, 0.1) is 12.8 Å². The summed E-state index contributed by atoms with van der Waals surface area (Å²) in [5.74, 6) is 0.852. The maximum absolute atomic E-state index is 5.15. The number of nitrogens with zero attached hydrogens (tertiary/aromatic N) is 2. The second-order valence-corrected chi connectivity index (χ2v) is 3.29. The van der Waals surface area contributed by atoms with Crippen molar-refractivity contribution in [2.45, 2.75) is 20.3 Å². The Morgan fingerprint density at radius 2 is 2.29 bits per heavy atom. The number of fused-ring (bicyclic) bond motifs is 1. The zero-order valence-electron chi connectivity index (χ0n) is 8.74. The van der Waals surface area contributed by atoms with E-state index in [9.17, 15) is 0 Å². The molecule has 0 atom stereocenters. The van der Waals surface area contributed by atoms with Crippen LogP contribution >= 0.6 is 0 Å². The van der Waals surface area contributed by atoms with Crippen LogP contribution in [0.1, 0.15) is 18.3 Å². The van der Waals surface area contributed by atoms with Gasteiger partial charge in [-0.3, -0.25) is 0 Å². The first-order chi connectivity index (χ1) is 6.76. The van der Waals surface area contributed by atoms with Crippen molar-refractivity contribution in [3.05, 3.63) is 29.7 Å². The van der Waals surface area contributed by atoms with Crippen molar-refractivity contribution in [3.63, 3.8) is 0 Å². The summed E-state index contributed by atoms with van der Waals surface area (Å²) < 4.78 is 7.24. The van der Waals surface area contributed by atoms with Gasteiger partial charge in [-0.2, -0.15) is 0 Å². The Kier molecular flexibility index (Phi) is 2.15. The first-order valence-electron chi connectivity index (χ1n) is 4.78. The van der Waals surface area contributed by atoms with E-state index < -0.39 is 0 Å². The van der Waals surface area contributed by atoms with E-state index >= 15 is 0 Å². The van der Waals surface area contributed by atoms with Crippen LogP contribution in [0.5, 0.6) is 5.75 Å². The van der Waals surface area contributed by atoms with Gasteiger partial charge in [0.2, 0.25) is 0 Å². The van der Waals surface area contributed by atoms with E-state index in [1.54, 1.807) is 7.11 Å². The summed E-state index contributed by atoms with van der Waals surface area (Å²) in [5, 5.41) is 0. The summed E-state index contributed by atoms with van der Waals surface area (Å²) >= 11 is 0. The van der Waals surface area contributed by atoms with Gasteiger partial charge in [0, 0.05) is 18.0 Å². The molecule has 2 aromatic heterocycles. The standard InChI is InChI=1S/C11H14N2O/c1-4-10-8(2)13-6-5-9(14-3)7-11(13)12-10/h5-7H,4H2,1-3H3. The number of hydrogen-bond donors (Lipinski definition) is 0. The molecule has 0 amide bonds. The van der Waals surface area contributed by atoms with Crippen molar-refractivity contribution >= 4 is 5.65 Å². The minimum Gasteiger partial charge on any atom is -0.497 e. The van der Waals surface area contributed by atoms with Gasteiger partial charge >= 0.3 is 0 Å². The van der Waals surface area contributed by atoms with Crippen molar-refractivity contribution in [2.75, 3.05) is 7.11 Å². The molecule has 14 heavy (non-hydrogen) atoms. The van der Waals surface area contributed by atoms with Gasteiger partial charge < -0.3 is 9.14 Å². The molecule has 0 saturated carbocycles. The van der Waals surface area contributed by atoms with E-state index in [1.807, 2.05) is 18.3 Å². The Hall–Kier alpha value is -1.51. The van der Waals surface area contributed by atoms with Gasteiger partial charge in [-0.1, -0.05) is 6.92 Å². The lowest BCUT2D eigenvalue weighted by molar-refractivity contribution is 0.414. The monoisotopic (exact) mass is 190 g/mol. The Morgan fingerprint density at radius 3 is 2.93 bits per heavy atom. The van der Waals surface area contributed by atoms with Crippen molar-refractivity contribution in [2.24, 2.45) is 0 Å². The third-order valence-electron chi connectivity index (χ3n) is 2.51. The molecule has 3 heteroatoms. The van der Waals surface area contributed by atoms with Crippen LogP contribution in [0.15, 0.2) is 18.3 Å². The van der Waals surface area contributed by atoms with Crippen LogP contribution in [0.2, 0.25) is 0 Å². The fraction of sp³-hybridized carbons (Fsp3) is 0.364. The van der Waals surface area contributed by atoms with E-state index in [2.05, 4.69) is 23.2 Å². The summed E-state index contributed by atoms with van der Waals surface area (Å²) in [6.45, 7) is 4.21. The van der Waals surface area contributed by atoms with Crippen LogP contribution in [0, 0.1) is 6.92 Å². The van der Waals surface area contributed by atoms with Crippen LogP contribution in [0.4, 0.5) is 0 Å². The first-order valence-corrected chi connectivity index (χ1v) is 4.78. The maximum atomic E-state index is 5.15. The molecular weight excluding hydrogens is 176 g/mol. The lowest BCUT2D eigenvalue weighted by atomic mass is 10.3. The molecule has 2 aromatic rings. The lowest BCUT2D eigenvalue weighted by Crippen LogP contribution is -1.89. The van der Waals surface area contributed by atoms with E-state index in [0.717, 1.165) is 23.5 Å². The van der Waals surface area contributed by atoms with Gasteiger partial charge in [0.25, 0.3) is 0 Å². The molecule has 0 unspecified atom stereocenters. The number of ether oxygens (including phenoxy) is 1. The molecule has 0 fully saturated rings. The van der Waals surface area contributed by atoms with Crippen molar-refractivity contribution in [3.8, 4) is 5.75 Å². The summed E-state index contributed by atoms with van der Waals surface area (Å²) in [7, 11) is 1.67. The summed E-state index contributed by atoms with van der Waals surface area (Å²) in [5.41, 5.74) is 3.32. The molecule has 0 bridgehead atoms. The van der Waals surface area contributed by atoms with E-state index in [0.29, 0.717) is 0 Å². The van der Waals surface area contributed by atoms with E-state index in [1.165, 1.54) is 5.69 Å². The molecule has 0 aromatic carbocycles. The molecule has 0 aliphatic carbocycles. The number of aryl methyl sites for hydroxylation is 2. The Labute approximate surface area is 83.3 Å². The van der Waals surface area contributed by atoms with E-state index in [-0.39, 0.29) is 0 Å². The zero-order valence-corrected chi connectivity index (χ0v) is 8.74. The molecule has 3 nitrogen and oxygen atoms in total. The first kappa shape index (κ1) is 9.06. The largest absolute Gasteiger partial charge is 0.497 e. The predicted molar refractivity (Wildman–Crippen MR) is 55.9 cm³/mol. The Bertz CT molecular complexity index is 460. The van der Waals surface area contributed by atoms with Gasteiger partial charge in [-0.25, -0.2) is 4.98 Å². The quantitative estimate of drug-likeness (QED) is 0.725. The van der Waals surface area contributed by atoms with E-state index in [4.69, 9.17) is 4.74 Å². The smallest absolute Gasteiger partial charge is 0.140 e. The SMILES string of the molecule is CCc1nc2cc(OC)ccn2c1C. The van der Waals surface area contributed by atoms with Crippen molar-refractivity contribution in [1.29, 1.82) is 0 Å². The van der Waals surface area contributed by atoms with Crippen LogP contribution in [-0.4, -0.2) is 16.5 Å². The van der Waals surface area contributed by atoms with Crippen molar-refractivity contribution < 1.29 is 4.74 Å². The van der Waals surface area contributed by atoms with Gasteiger partial charge in [0.1, 0.15) is 11.4 Å². The van der Waals surface area contributed by atoms with Crippen LogP contribution < -0.4 is 4.74 Å². The highest BCUT2D eigenvalue weighted by molar-refractivity contribution is 5.47. The van der Waals surface area contributed by atoms with Gasteiger partial charge in [0.15, 0.2) is 0 Å². The number of imidazole rings is 1. The minimum absolute atomic E-state index is 0.852. The lowest BCUT2D eigenvalue weighted by Gasteiger charge is -2.00. The molecule has 0 N–H and O–H groups in total. The number of pyridine rings is 1. The van der Waals surface area contributed by atoms with Gasteiger partial charge in [-0.05, 0) is 19.4 Å². The summed E-state index contributed by atoms with van der Waals surface area (Å²) in [6, 6.07) is 3.90. The topological polar surface area (TPSA) is 26.5 Å². The minimum atomic E-state index is 0.852. The fourth-order valence-corrected chi connectivity index (χ4v) is 1.66. The third kappa shape index (κ3) is 1.25. The fourth-order valence-electron chi connectivity index (χ4n) is 1.66. The summed E-state index contributed by atoms with van der Waals surface area (Å²) in [4.78, 5) is 4.52. The molecule has 0 saturated heterocycles. The summed E-state index contributed by atoms with van der Waals surface area (Å²) in [6.07, 6.45) is 2.96. The molecule has 2 heterocycles. The van der Waals surface area contributed by atoms with Crippen molar-refractivity contribution in [1.82, 2.24) is 9.38 Å². The highest BCUT2D eigenvalue weighted by Gasteiger charge is 2.06. The molecule has 74 valence electrons.